The molecule has 3 heteroatoms. The number of pyridine rings is 1. The number of rotatable bonds is 2. The lowest BCUT2D eigenvalue weighted by Gasteiger charge is -2.09. The van der Waals surface area contributed by atoms with Gasteiger partial charge in [-0.05, 0) is 48.5 Å². The second-order valence-electron chi connectivity index (χ2n) is 5.02. The second-order valence-corrected chi connectivity index (χ2v) is 5.02. The first-order chi connectivity index (χ1) is 8.78. The van der Waals surface area contributed by atoms with E-state index in [0.717, 1.165) is 42.4 Å². The molecule has 0 bridgehead atoms. The monoisotopic (exact) mass is 242 g/mol. The number of nitrogens with one attached hydrogen (secondary N) is 2. The van der Waals surface area contributed by atoms with Gasteiger partial charge < -0.3 is 10.3 Å². The second kappa shape index (κ2) is 4.58. The molecule has 0 amide bonds. The van der Waals surface area contributed by atoms with Crippen LogP contribution in [0.25, 0.3) is 10.9 Å². The predicted molar refractivity (Wildman–Crippen MR) is 74.2 cm³/mol. The average Bonchev–Trinajstić information content (AvgIpc) is 2.91. The Morgan fingerprint density at radius 1 is 1.33 bits per heavy atom. The summed E-state index contributed by atoms with van der Waals surface area (Å²) in [6.45, 7) is 4.08. The van der Waals surface area contributed by atoms with Crippen LogP contribution in [0.4, 0.5) is 0 Å². The minimum Gasteiger partial charge on any atom is -0.322 e. The molecule has 1 fully saturated rings. The largest absolute Gasteiger partial charge is 0.322 e. The van der Waals surface area contributed by atoms with Crippen molar-refractivity contribution in [1.29, 1.82) is 0 Å². The molecule has 2 aromatic rings. The van der Waals surface area contributed by atoms with Crippen molar-refractivity contribution in [3.8, 4) is 0 Å². The number of hydrogen-bond acceptors (Lipinski definition) is 2. The lowest BCUT2D eigenvalue weighted by Crippen LogP contribution is -2.18. The zero-order valence-corrected chi connectivity index (χ0v) is 10.6. The fraction of sp³-hybridized carbons (Fsp3) is 0.400. The van der Waals surface area contributed by atoms with Crippen LogP contribution in [0.3, 0.4) is 0 Å². The molecule has 2 heterocycles. The third-order valence-electron chi connectivity index (χ3n) is 3.85. The molecule has 1 atom stereocenters. The van der Waals surface area contributed by atoms with Crippen LogP contribution in [-0.2, 0) is 6.42 Å². The molecule has 1 aliphatic rings. The standard InChI is InChI=1S/C15H18N2O/c1-2-10-3-4-14-12(7-10)8-13(15(18)17-14)11-5-6-16-9-11/h3-4,7-8,11,16H,2,5-6,9H2,1H3,(H,17,18). The van der Waals surface area contributed by atoms with Crippen molar-refractivity contribution in [3.05, 3.63) is 45.7 Å². The molecule has 94 valence electrons. The smallest absolute Gasteiger partial charge is 0.251 e. The minimum atomic E-state index is 0.0699. The van der Waals surface area contributed by atoms with Crippen LogP contribution in [-0.4, -0.2) is 18.1 Å². The van der Waals surface area contributed by atoms with Crippen LogP contribution in [0.5, 0.6) is 0 Å². The third kappa shape index (κ3) is 1.95. The van der Waals surface area contributed by atoms with Crippen molar-refractivity contribution in [2.75, 3.05) is 13.1 Å². The van der Waals surface area contributed by atoms with Gasteiger partial charge in [0.2, 0.25) is 0 Å². The Hall–Kier alpha value is -1.61. The van der Waals surface area contributed by atoms with E-state index in [9.17, 15) is 4.79 Å². The molecule has 0 spiro atoms. The maximum Gasteiger partial charge on any atom is 0.251 e. The summed E-state index contributed by atoms with van der Waals surface area (Å²) in [6, 6.07) is 8.34. The first kappa shape index (κ1) is 11.5. The Labute approximate surface area is 106 Å². The van der Waals surface area contributed by atoms with Crippen LogP contribution < -0.4 is 10.9 Å². The van der Waals surface area contributed by atoms with Crippen molar-refractivity contribution in [2.45, 2.75) is 25.7 Å². The Kier molecular flexibility index (Phi) is 2.92. The van der Waals surface area contributed by atoms with E-state index in [4.69, 9.17) is 0 Å². The van der Waals surface area contributed by atoms with Crippen molar-refractivity contribution in [1.82, 2.24) is 10.3 Å². The zero-order chi connectivity index (χ0) is 12.5. The van der Waals surface area contributed by atoms with E-state index in [-0.39, 0.29) is 5.56 Å². The van der Waals surface area contributed by atoms with Gasteiger partial charge in [-0.3, -0.25) is 4.79 Å². The van der Waals surface area contributed by atoms with Crippen molar-refractivity contribution < 1.29 is 0 Å². The van der Waals surface area contributed by atoms with E-state index in [0.29, 0.717) is 5.92 Å². The highest BCUT2D eigenvalue weighted by atomic mass is 16.1. The van der Waals surface area contributed by atoms with E-state index < -0.39 is 0 Å². The van der Waals surface area contributed by atoms with Gasteiger partial charge in [-0.1, -0.05) is 13.0 Å². The summed E-state index contributed by atoms with van der Waals surface area (Å²) >= 11 is 0. The molecule has 1 aliphatic heterocycles. The number of H-pyrrole nitrogens is 1. The summed E-state index contributed by atoms with van der Waals surface area (Å²) in [5, 5.41) is 4.46. The Balaban J connectivity index is 2.14. The quantitative estimate of drug-likeness (QED) is 0.847. The summed E-state index contributed by atoms with van der Waals surface area (Å²) in [7, 11) is 0. The highest BCUT2D eigenvalue weighted by Crippen LogP contribution is 2.22. The molecule has 1 saturated heterocycles. The maximum absolute atomic E-state index is 12.1. The van der Waals surface area contributed by atoms with E-state index in [1.165, 1.54) is 5.56 Å². The molecule has 2 N–H and O–H groups in total. The number of fused-ring (bicyclic) bond motifs is 1. The normalized spacial score (nSPS) is 19.5. The van der Waals surface area contributed by atoms with Crippen LogP contribution in [0.1, 0.15) is 30.4 Å². The van der Waals surface area contributed by atoms with Gasteiger partial charge in [0, 0.05) is 23.5 Å². The molecule has 1 aromatic heterocycles. The molecule has 1 unspecified atom stereocenters. The first-order valence-corrected chi connectivity index (χ1v) is 6.64. The molecule has 3 nitrogen and oxygen atoms in total. The first-order valence-electron chi connectivity index (χ1n) is 6.64. The van der Waals surface area contributed by atoms with Crippen LogP contribution in [0, 0.1) is 0 Å². The summed E-state index contributed by atoms with van der Waals surface area (Å²) < 4.78 is 0. The summed E-state index contributed by atoms with van der Waals surface area (Å²) in [5.74, 6) is 0.364. The number of aryl methyl sites for hydroxylation is 1. The zero-order valence-electron chi connectivity index (χ0n) is 10.6. The van der Waals surface area contributed by atoms with Gasteiger partial charge in [-0.2, -0.15) is 0 Å². The molecule has 0 aliphatic carbocycles. The lowest BCUT2D eigenvalue weighted by molar-refractivity contribution is 0.753. The molecule has 1 aromatic carbocycles. The van der Waals surface area contributed by atoms with Crippen LogP contribution in [0.2, 0.25) is 0 Å². The molecular weight excluding hydrogens is 224 g/mol. The molecule has 0 saturated carbocycles. The Morgan fingerprint density at radius 2 is 2.22 bits per heavy atom. The number of aromatic nitrogens is 1. The van der Waals surface area contributed by atoms with Gasteiger partial charge in [-0.25, -0.2) is 0 Å². The fourth-order valence-electron chi connectivity index (χ4n) is 2.72. The average molecular weight is 242 g/mol. The SMILES string of the molecule is CCc1ccc2[nH]c(=O)c(C3CCNC3)cc2c1. The fourth-order valence-corrected chi connectivity index (χ4v) is 2.72. The summed E-state index contributed by atoms with van der Waals surface area (Å²) in [5.41, 5.74) is 3.25. The Bertz CT molecular complexity index is 624. The van der Waals surface area contributed by atoms with Gasteiger partial charge in [0.15, 0.2) is 0 Å². The molecular formula is C15H18N2O. The minimum absolute atomic E-state index is 0.0699. The van der Waals surface area contributed by atoms with E-state index in [1.54, 1.807) is 0 Å². The summed E-state index contributed by atoms with van der Waals surface area (Å²) in [4.78, 5) is 15.1. The van der Waals surface area contributed by atoms with E-state index in [1.807, 2.05) is 6.07 Å². The molecule has 3 rings (SSSR count). The predicted octanol–water partition coefficient (Wildman–Crippen LogP) is 2.17. The number of benzene rings is 1. The number of aromatic amines is 1. The van der Waals surface area contributed by atoms with Crippen LogP contribution >= 0.6 is 0 Å². The van der Waals surface area contributed by atoms with Crippen molar-refractivity contribution in [3.63, 3.8) is 0 Å². The van der Waals surface area contributed by atoms with E-state index in [2.05, 4.69) is 35.4 Å². The molecule has 0 radical (unpaired) electrons. The highest BCUT2D eigenvalue weighted by molar-refractivity contribution is 5.79. The topological polar surface area (TPSA) is 44.9 Å². The highest BCUT2D eigenvalue weighted by Gasteiger charge is 2.19. The number of hydrogen-bond donors (Lipinski definition) is 2. The lowest BCUT2D eigenvalue weighted by atomic mass is 9.97. The molecule has 18 heavy (non-hydrogen) atoms. The maximum atomic E-state index is 12.1. The van der Waals surface area contributed by atoms with Crippen molar-refractivity contribution >= 4 is 10.9 Å². The summed E-state index contributed by atoms with van der Waals surface area (Å²) in [6.07, 6.45) is 2.08. The van der Waals surface area contributed by atoms with Gasteiger partial charge in [0.05, 0.1) is 0 Å². The Morgan fingerprint density at radius 3 is 2.94 bits per heavy atom. The van der Waals surface area contributed by atoms with Crippen LogP contribution in [0.15, 0.2) is 29.1 Å². The van der Waals surface area contributed by atoms with E-state index >= 15 is 0 Å². The van der Waals surface area contributed by atoms with Gasteiger partial charge >= 0.3 is 0 Å². The van der Waals surface area contributed by atoms with Gasteiger partial charge in [0.25, 0.3) is 5.56 Å². The van der Waals surface area contributed by atoms with Crippen molar-refractivity contribution in [2.24, 2.45) is 0 Å². The van der Waals surface area contributed by atoms with Gasteiger partial charge in [-0.15, -0.1) is 0 Å². The third-order valence-corrected chi connectivity index (χ3v) is 3.85. The van der Waals surface area contributed by atoms with Gasteiger partial charge in [0.1, 0.15) is 0 Å².